The van der Waals surface area contributed by atoms with E-state index >= 15 is 0 Å². The van der Waals surface area contributed by atoms with Gasteiger partial charge in [-0.2, -0.15) is 0 Å². The minimum atomic E-state index is -0.540. The molecule has 3 N–H and O–H groups in total. The second-order valence-electron chi connectivity index (χ2n) is 3.97. The molecule has 0 aliphatic carbocycles. The molecule has 0 aliphatic heterocycles. The Hall–Kier alpha value is -2.30. The summed E-state index contributed by atoms with van der Waals surface area (Å²) in [7, 11) is 0. The smallest absolute Gasteiger partial charge is 0.146 e. The van der Waals surface area contributed by atoms with Crippen LogP contribution >= 0.6 is 0 Å². The molecule has 0 bridgehead atoms. The predicted octanol–water partition coefficient (Wildman–Crippen LogP) is 3.69. The van der Waals surface area contributed by atoms with Gasteiger partial charge in [-0.15, -0.1) is 0 Å². The van der Waals surface area contributed by atoms with E-state index in [2.05, 4.69) is 5.32 Å². The van der Waals surface area contributed by atoms with Crippen LogP contribution in [0.2, 0.25) is 0 Å². The molecule has 0 spiro atoms. The first-order chi connectivity index (χ1) is 9.08. The molecule has 5 heteroatoms. The maximum Gasteiger partial charge on any atom is 0.146 e. The van der Waals surface area contributed by atoms with Crippen LogP contribution in [0.1, 0.15) is 6.92 Å². The molecule has 2 aromatic carbocycles. The third kappa shape index (κ3) is 3.34. The lowest BCUT2D eigenvalue weighted by Crippen LogP contribution is -1.98. The van der Waals surface area contributed by atoms with E-state index in [9.17, 15) is 8.78 Å². The van der Waals surface area contributed by atoms with E-state index in [1.807, 2.05) is 6.92 Å². The molecule has 0 amide bonds. The molecular weight excluding hydrogens is 250 g/mol. The van der Waals surface area contributed by atoms with Gasteiger partial charge < -0.3 is 15.8 Å². The van der Waals surface area contributed by atoms with E-state index in [1.54, 1.807) is 18.2 Å². The SMILES string of the molecule is CCOc1cc(N)cc(Nc2cc(F)ccc2F)c1. The molecule has 0 unspecified atom stereocenters. The Kier molecular flexibility index (Phi) is 3.85. The Balaban J connectivity index is 2.29. The summed E-state index contributed by atoms with van der Waals surface area (Å²) in [6.45, 7) is 2.35. The van der Waals surface area contributed by atoms with Crippen molar-refractivity contribution in [3.8, 4) is 5.75 Å². The second-order valence-corrected chi connectivity index (χ2v) is 3.97. The first-order valence-electron chi connectivity index (χ1n) is 5.84. The monoisotopic (exact) mass is 264 g/mol. The highest BCUT2D eigenvalue weighted by atomic mass is 19.1. The lowest BCUT2D eigenvalue weighted by atomic mass is 10.2. The van der Waals surface area contributed by atoms with Crippen LogP contribution in [0.5, 0.6) is 5.75 Å². The second kappa shape index (κ2) is 5.56. The standard InChI is InChI=1S/C14H14F2N2O/c1-2-19-12-7-10(17)6-11(8-12)18-14-5-9(15)3-4-13(14)16/h3-8,18H,2,17H2,1H3. The van der Waals surface area contributed by atoms with Gasteiger partial charge in [-0.05, 0) is 25.1 Å². The van der Waals surface area contributed by atoms with Gasteiger partial charge in [0, 0.05) is 29.6 Å². The van der Waals surface area contributed by atoms with Crippen LogP contribution in [0.3, 0.4) is 0 Å². The summed E-state index contributed by atoms with van der Waals surface area (Å²) in [5.41, 5.74) is 6.78. The van der Waals surface area contributed by atoms with E-state index in [4.69, 9.17) is 10.5 Å². The van der Waals surface area contributed by atoms with Crippen molar-refractivity contribution in [3.05, 3.63) is 48.0 Å². The van der Waals surface area contributed by atoms with Crippen molar-refractivity contribution < 1.29 is 13.5 Å². The maximum absolute atomic E-state index is 13.5. The van der Waals surface area contributed by atoms with Crippen LogP contribution < -0.4 is 15.8 Å². The summed E-state index contributed by atoms with van der Waals surface area (Å²) in [4.78, 5) is 0. The van der Waals surface area contributed by atoms with Crippen LogP contribution in [0.4, 0.5) is 25.8 Å². The van der Waals surface area contributed by atoms with E-state index in [1.165, 1.54) is 0 Å². The Labute approximate surface area is 110 Å². The van der Waals surface area contributed by atoms with Gasteiger partial charge in [0.2, 0.25) is 0 Å². The number of halogens is 2. The lowest BCUT2D eigenvalue weighted by molar-refractivity contribution is 0.340. The highest BCUT2D eigenvalue weighted by Gasteiger charge is 2.06. The van der Waals surface area contributed by atoms with Crippen molar-refractivity contribution in [1.82, 2.24) is 0 Å². The Morgan fingerprint density at radius 1 is 1.16 bits per heavy atom. The van der Waals surface area contributed by atoms with Gasteiger partial charge in [-0.1, -0.05) is 0 Å². The number of anilines is 3. The maximum atomic E-state index is 13.5. The summed E-state index contributed by atoms with van der Waals surface area (Å²) in [6.07, 6.45) is 0. The van der Waals surface area contributed by atoms with Crippen molar-refractivity contribution in [2.45, 2.75) is 6.92 Å². The van der Waals surface area contributed by atoms with Gasteiger partial charge in [0.1, 0.15) is 17.4 Å². The minimum Gasteiger partial charge on any atom is -0.494 e. The van der Waals surface area contributed by atoms with E-state index < -0.39 is 11.6 Å². The fraction of sp³-hybridized carbons (Fsp3) is 0.143. The zero-order valence-electron chi connectivity index (χ0n) is 10.4. The summed E-state index contributed by atoms with van der Waals surface area (Å²) in [6, 6.07) is 8.16. The van der Waals surface area contributed by atoms with Crippen LogP contribution in [0, 0.1) is 11.6 Å². The fourth-order valence-electron chi connectivity index (χ4n) is 1.69. The third-order valence-corrected chi connectivity index (χ3v) is 2.45. The number of hydrogen-bond acceptors (Lipinski definition) is 3. The molecule has 0 atom stereocenters. The summed E-state index contributed by atoms with van der Waals surface area (Å²) < 4.78 is 31.9. The van der Waals surface area contributed by atoms with E-state index in [-0.39, 0.29) is 5.69 Å². The zero-order valence-corrected chi connectivity index (χ0v) is 10.4. The van der Waals surface area contributed by atoms with Crippen molar-refractivity contribution >= 4 is 17.1 Å². The molecular formula is C14H14F2N2O. The van der Waals surface area contributed by atoms with Crippen molar-refractivity contribution in [2.24, 2.45) is 0 Å². The topological polar surface area (TPSA) is 47.3 Å². The zero-order chi connectivity index (χ0) is 13.8. The highest BCUT2D eigenvalue weighted by molar-refractivity contribution is 5.66. The van der Waals surface area contributed by atoms with E-state index in [0.29, 0.717) is 23.7 Å². The average Bonchev–Trinajstić information content (AvgIpc) is 2.33. The number of benzene rings is 2. The Morgan fingerprint density at radius 2 is 1.95 bits per heavy atom. The molecule has 2 aromatic rings. The average molecular weight is 264 g/mol. The normalized spacial score (nSPS) is 10.3. The lowest BCUT2D eigenvalue weighted by Gasteiger charge is -2.11. The number of ether oxygens (including phenoxy) is 1. The number of rotatable bonds is 4. The Bertz CT molecular complexity index is 588. The molecule has 100 valence electrons. The Morgan fingerprint density at radius 3 is 2.68 bits per heavy atom. The largest absolute Gasteiger partial charge is 0.494 e. The van der Waals surface area contributed by atoms with Crippen LogP contribution in [0.25, 0.3) is 0 Å². The van der Waals surface area contributed by atoms with Crippen molar-refractivity contribution in [2.75, 3.05) is 17.7 Å². The summed E-state index contributed by atoms with van der Waals surface area (Å²) in [5, 5.41) is 2.78. The van der Waals surface area contributed by atoms with Crippen molar-refractivity contribution in [1.29, 1.82) is 0 Å². The van der Waals surface area contributed by atoms with Gasteiger partial charge in [0.15, 0.2) is 0 Å². The molecule has 0 saturated carbocycles. The molecule has 3 nitrogen and oxygen atoms in total. The molecule has 0 aromatic heterocycles. The van der Waals surface area contributed by atoms with Gasteiger partial charge in [-0.3, -0.25) is 0 Å². The number of hydrogen-bond donors (Lipinski definition) is 2. The van der Waals surface area contributed by atoms with Gasteiger partial charge in [-0.25, -0.2) is 8.78 Å². The first kappa shape index (κ1) is 13.1. The fourth-order valence-corrected chi connectivity index (χ4v) is 1.69. The predicted molar refractivity (Wildman–Crippen MR) is 71.7 cm³/mol. The van der Waals surface area contributed by atoms with Crippen LogP contribution in [-0.2, 0) is 0 Å². The third-order valence-electron chi connectivity index (χ3n) is 2.45. The number of nitrogen functional groups attached to an aromatic ring is 1. The number of nitrogens with one attached hydrogen (secondary N) is 1. The molecule has 0 radical (unpaired) electrons. The summed E-state index contributed by atoms with van der Waals surface area (Å²) >= 11 is 0. The molecule has 19 heavy (non-hydrogen) atoms. The molecule has 0 aliphatic rings. The van der Waals surface area contributed by atoms with Crippen LogP contribution in [0.15, 0.2) is 36.4 Å². The summed E-state index contributed by atoms with van der Waals surface area (Å²) in [5.74, 6) is -0.485. The molecule has 0 heterocycles. The van der Waals surface area contributed by atoms with Gasteiger partial charge in [0.25, 0.3) is 0 Å². The van der Waals surface area contributed by atoms with E-state index in [0.717, 1.165) is 18.2 Å². The first-order valence-corrected chi connectivity index (χ1v) is 5.84. The molecule has 0 fully saturated rings. The van der Waals surface area contributed by atoms with Gasteiger partial charge in [0.05, 0.1) is 12.3 Å². The van der Waals surface area contributed by atoms with Crippen LogP contribution in [-0.4, -0.2) is 6.61 Å². The highest BCUT2D eigenvalue weighted by Crippen LogP contribution is 2.27. The minimum absolute atomic E-state index is 0.0491. The molecule has 0 saturated heterocycles. The van der Waals surface area contributed by atoms with Crippen molar-refractivity contribution in [3.63, 3.8) is 0 Å². The quantitative estimate of drug-likeness (QED) is 0.828. The molecule has 2 rings (SSSR count). The number of nitrogens with two attached hydrogens (primary N) is 1. The van der Waals surface area contributed by atoms with Gasteiger partial charge >= 0.3 is 0 Å².